The van der Waals surface area contributed by atoms with E-state index in [4.69, 9.17) is 0 Å². The second-order valence-corrected chi connectivity index (χ2v) is 4.62. The number of aromatic nitrogens is 1. The van der Waals surface area contributed by atoms with Gasteiger partial charge in [0.1, 0.15) is 5.75 Å². The molecule has 1 aliphatic carbocycles. The highest BCUT2D eigenvalue weighted by Gasteiger charge is 2.20. The first-order valence-electron chi connectivity index (χ1n) is 6.25. The van der Waals surface area contributed by atoms with E-state index >= 15 is 0 Å². The highest BCUT2D eigenvalue weighted by Crippen LogP contribution is 2.32. The molecule has 6 nitrogen and oxygen atoms in total. The second kappa shape index (κ2) is 4.82. The van der Waals surface area contributed by atoms with E-state index in [1.54, 1.807) is 24.3 Å². The van der Waals surface area contributed by atoms with Crippen molar-refractivity contribution < 1.29 is 14.8 Å². The van der Waals surface area contributed by atoms with Crippen molar-refractivity contribution in [3.63, 3.8) is 0 Å². The summed E-state index contributed by atoms with van der Waals surface area (Å²) in [7, 11) is 0. The standard InChI is InChI=1S/C15H10N2O4/c18-10-6-5-9-7-13(17(20)21)15(16-12(9)8-10)11-3-1-2-4-14(11)19/h1-5,7-8,19H,6H2. The number of hydrogen-bond donors (Lipinski definition) is 1. The summed E-state index contributed by atoms with van der Waals surface area (Å²) < 4.78 is 0. The van der Waals surface area contributed by atoms with Crippen LogP contribution in [0.1, 0.15) is 6.42 Å². The molecule has 0 unspecified atom stereocenters. The zero-order chi connectivity index (χ0) is 15.0. The largest absolute Gasteiger partial charge is 0.507 e. The predicted octanol–water partition coefficient (Wildman–Crippen LogP) is 0.896. The quantitative estimate of drug-likeness (QED) is 0.652. The molecule has 0 bridgehead atoms. The van der Waals surface area contributed by atoms with Gasteiger partial charge in [-0.1, -0.05) is 18.2 Å². The lowest BCUT2D eigenvalue weighted by atomic mass is 10.1. The van der Waals surface area contributed by atoms with Gasteiger partial charge in [-0.15, -0.1) is 0 Å². The van der Waals surface area contributed by atoms with Gasteiger partial charge in [0.05, 0.1) is 10.3 Å². The van der Waals surface area contributed by atoms with Gasteiger partial charge in [0, 0.05) is 29.3 Å². The van der Waals surface area contributed by atoms with Crippen molar-refractivity contribution in [2.45, 2.75) is 6.42 Å². The van der Waals surface area contributed by atoms with Gasteiger partial charge >= 0.3 is 0 Å². The Morgan fingerprint density at radius 3 is 2.76 bits per heavy atom. The molecule has 1 aliphatic rings. The SMILES string of the molecule is O=C1C=c2nc(-c3ccccc3O)c([N+](=O)[O-])cc2=CC1. The first-order chi connectivity index (χ1) is 10.1. The Kier molecular flexibility index (Phi) is 2.98. The molecule has 0 amide bonds. The Morgan fingerprint density at radius 1 is 1.29 bits per heavy atom. The van der Waals surface area contributed by atoms with Crippen LogP contribution in [0.2, 0.25) is 0 Å². The molecule has 21 heavy (non-hydrogen) atoms. The summed E-state index contributed by atoms with van der Waals surface area (Å²) in [5, 5.41) is 22.1. The van der Waals surface area contributed by atoms with Crippen LogP contribution in [0.5, 0.6) is 5.75 Å². The van der Waals surface area contributed by atoms with Crippen LogP contribution in [0.15, 0.2) is 30.3 Å². The topological polar surface area (TPSA) is 93.3 Å². The Balaban J connectivity index is 2.37. The number of nitrogens with zero attached hydrogens (tertiary/aromatic N) is 2. The van der Waals surface area contributed by atoms with E-state index in [1.807, 2.05) is 0 Å². The van der Waals surface area contributed by atoms with Crippen LogP contribution in [0, 0.1) is 10.1 Å². The number of carbonyl (C=O) groups excluding carboxylic acids is 1. The number of nitro groups is 1. The molecule has 0 fully saturated rings. The van der Waals surface area contributed by atoms with Crippen molar-refractivity contribution in [2.24, 2.45) is 0 Å². The maximum atomic E-state index is 11.4. The Hall–Kier alpha value is -3.02. The zero-order valence-corrected chi connectivity index (χ0v) is 10.8. The van der Waals surface area contributed by atoms with E-state index in [9.17, 15) is 20.0 Å². The summed E-state index contributed by atoms with van der Waals surface area (Å²) in [4.78, 5) is 26.4. The lowest BCUT2D eigenvalue weighted by Gasteiger charge is -2.06. The minimum Gasteiger partial charge on any atom is -0.507 e. The normalized spacial score (nSPS) is 13.0. The van der Waals surface area contributed by atoms with Gasteiger partial charge in [-0.3, -0.25) is 14.9 Å². The molecule has 0 saturated heterocycles. The van der Waals surface area contributed by atoms with Crippen molar-refractivity contribution in [1.82, 2.24) is 4.98 Å². The van der Waals surface area contributed by atoms with Gasteiger partial charge in [-0.2, -0.15) is 0 Å². The molecule has 3 rings (SSSR count). The number of fused-ring (bicyclic) bond motifs is 1. The molecule has 2 aromatic rings. The third-order valence-corrected chi connectivity index (χ3v) is 3.24. The number of Topliss-reactive ketones (excluding diaryl/α,β-unsaturated/α-hetero) is 1. The van der Waals surface area contributed by atoms with Crippen molar-refractivity contribution in [2.75, 3.05) is 0 Å². The van der Waals surface area contributed by atoms with Gasteiger partial charge in [0.15, 0.2) is 11.5 Å². The molecule has 0 atom stereocenters. The number of benzene rings is 1. The fraction of sp³-hybridized carbons (Fsp3) is 0.0667. The van der Waals surface area contributed by atoms with Gasteiger partial charge in [-0.25, -0.2) is 4.98 Å². The minimum absolute atomic E-state index is 0.0520. The third kappa shape index (κ3) is 2.27. The van der Waals surface area contributed by atoms with E-state index < -0.39 is 4.92 Å². The smallest absolute Gasteiger partial charge is 0.296 e. The molecule has 104 valence electrons. The summed E-state index contributed by atoms with van der Waals surface area (Å²) in [5.74, 6) is -0.203. The van der Waals surface area contributed by atoms with Gasteiger partial charge in [0.25, 0.3) is 5.69 Å². The molecule has 6 heteroatoms. The second-order valence-electron chi connectivity index (χ2n) is 4.62. The molecule has 1 heterocycles. The van der Waals surface area contributed by atoms with Crippen molar-refractivity contribution >= 4 is 23.6 Å². The van der Waals surface area contributed by atoms with Crippen LogP contribution in [0.4, 0.5) is 5.69 Å². The summed E-state index contributed by atoms with van der Waals surface area (Å²) in [6.45, 7) is 0. The van der Waals surface area contributed by atoms with Crippen LogP contribution >= 0.6 is 0 Å². The first-order valence-corrected chi connectivity index (χ1v) is 6.25. The number of carbonyl (C=O) groups is 1. The molecule has 0 radical (unpaired) electrons. The number of ketones is 1. The zero-order valence-electron chi connectivity index (χ0n) is 10.8. The van der Waals surface area contributed by atoms with Crippen molar-refractivity contribution in [3.05, 3.63) is 51.0 Å². The average Bonchev–Trinajstić information content (AvgIpc) is 2.46. The predicted molar refractivity (Wildman–Crippen MR) is 75.8 cm³/mol. The minimum atomic E-state index is -0.542. The highest BCUT2D eigenvalue weighted by atomic mass is 16.6. The van der Waals surface area contributed by atoms with Crippen LogP contribution in [-0.4, -0.2) is 20.8 Å². The lowest BCUT2D eigenvalue weighted by Crippen LogP contribution is -2.33. The summed E-state index contributed by atoms with van der Waals surface area (Å²) in [5.41, 5.74) is 0.115. The molecule has 1 N–H and O–H groups in total. The summed E-state index contributed by atoms with van der Waals surface area (Å²) >= 11 is 0. The van der Waals surface area contributed by atoms with Crippen molar-refractivity contribution in [1.29, 1.82) is 0 Å². The molecular formula is C15H10N2O4. The number of hydrogen-bond acceptors (Lipinski definition) is 5. The molecule has 0 aliphatic heterocycles. The number of phenolic OH excluding ortho intramolecular Hbond substituents is 1. The monoisotopic (exact) mass is 282 g/mol. The van der Waals surface area contributed by atoms with Crippen LogP contribution in [-0.2, 0) is 4.79 Å². The molecule has 0 saturated carbocycles. The lowest BCUT2D eigenvalue weighted by molar-refractivity contribution is -0.384. The molecule has 1 aromatic heterocycles. The summed E-state index contributed by atoms with van der Waals surface area (Å²) in [6.07, 6.45) is 3.19. The number of aromatic hydroxyl groups is 1. The van der Waals surface area contributed by atoms with E-state index in [-0.39, 0.29) is 34.9 Å². The summed E-state index contributed by atoms with van der Waals surface area (Å²) in [6, 6.07) is 7.63. The third-order valence-electron chi connectivity index (χ3n) is 3.24. The highest BCUT2D eigenvalue weighted by molar-refractivity contribution is 6.09. The Bertz CT molecular complexity index is 887. The number of pyridine rings is 1. The maximum Gasteiger partial charge on any atom is 0.296 e. The number of rotatable bonds is 2. The van der Waals surface area contributed by atoms with Crippen molar-refractivity contribution in [3.8, 4) is 17.0 Å². The fourth-order valence-electron chi connectivity index (χ4n) is 2.24. The number of para-hydroxylation sites is 1. The van der Waals surface area contributed by atoms with E-state index in [0.29, 0.717) is 10.6 Å². The van der Waals surface area contributed by atoms with E-state index in [2.05, 4.69) is 4.98 Å². The molecular weight excluding hydrogens is 272 g/mol. The van der Waals surface area contributed by atoms with Gasteiger partial charge in [-0.05, 0) is 12.1 Å². The average molecular weight is 282 g/mol. The Labute approximate surface area is 118 Å². The first kappa shape index (κ1) is 13.0. The van der Waals surface area contributed by atoms with Crippen LogP contribution in [0.25, 0.3) is 23.4 Å². The van der Waals surface area contributed by atoms with Gasteiger partial charge < -0.3 is 5.11 Å². The fourth-order valence-corrected chi connectivity index (χ4v) is 2.24. The van der Waals surface area contributed by atoms with E-state index in [0.717, 1.165) is 0 Å². The molecule has 0 spiro atoms. The Morgan fingerprint density at radius 2 is 2.05 bits per heavy atom. The van der Waals surface area contributed by atoms with Crippen LogP contribution in [0.3, 0.4) is 0 Å². The van der Waals surface area contributed by atoms with Gasteiger partial charge in [0.2, 0.25) is 0 Å². The number of phenols is 1. The van der Waals surface area contributed by atoms with E-state index in [1.165, 1.54) is 18.2 Å². The maximum absolute atomic E-state index is 11.4. The van der Waals surface area contributed by atoms with Crippen LogP contribution < -0.4 is 10.6 Å². The molecule has 1 aromatic carbocycles.